The Morgan fingerprint density at radius 2 is 1.92 bits per heavy atom. The van der Waals surface area contributed by atoms with E-state index in [0.29, 0.717) is 39.2 Å². The molecular formula is C18H25N3O4S. The first-order valence-electron chi connectivity index (χ1n) is 8.96. The van der Waals surface area contributed by atoms with Gasteiger partial charge in [-0.2, -0.15) is 11.8 Å². The number of rotatable bonds is 4. The van der Waals surface area contributed by atoms with Crippen LogP contribution in [0.15, 0.2) is 11.0 Å². The van der Waals surface area contributed by atoms with Gasteiger partial charge in [-0.05, 0) is 24.5 Å². The summed E-state index contributed by atoms with van der Waals surface area (Å²) in [6, 6.07) is 0. The molecule has 2 aliphatic heterocycles. The molecule has 142 valence electrons. The number of aromatic nitrogens is 1. The van der Waals surface area contributed by atoms with Gasteiger partial charge >= 0.3 is 0 Å². The molecule has 0 atom stereocenters. The Bertz CT molecular complexity index is 756. The summed E-state index contributed by atoms with van der Waals surface area (Å²) in [5.41, 5.74) is 1.71. The number of carbonyl (C=O) groups is 2. The van der Waals surface area contributed by atoms with E-state index in [1.807, 2.05) is 18.7 Å². The highest BCUT2D eigenvalue weighted by Gasteiger charge is 2.30. The van der Waals surface area contributed by atoms with E-state index in [4.69, 9.17) is 4.74 Å². The average Bonchev–Trinajstić information content (AvgIpc) is 2.67. The zero-order valence-electron chi connectivity index (χ0n) is 15.3. The zero-order chi connectivity index (χ0) is 18.7. The van der Waals surface area contributed by atoms with Crippen molar-refractivity contribution in [1.82, 2.24) is 14.4 Å². The van der Waals surface area contributed by atoms with Crippen LogP contribution >= 0.6 is 11.8 Å². The third-order valence-corrected chi connectivity index (χ3v) is 5.80. The van der Waals surface area contributed by atoms with E-state index >= 15 is 0 Å². The Morgan fingerprint density at radius 1 is 1.19 bits per heavy atom. The second kappa shape index (κ2) is 8.26. The van der Waals surface area contributed by atoms with Gasteiger partial charge in [0.15, 0.2) is 0 Å². The summed E-state index contributed by atoms with van der Waals surface area (Å²) in [4.78, 5) is 41.4. The topological polar surface area (TPSA) is 71.8 Å². The van der Waals surface area contributed by atoms with Gasteiger partial charge < -0.3 is 19.1 Å². The lowest BCUT2D eigenvalue weighted by atomic mass is 9.95. The maximum Gasteiger partial charge on any atom is 0.263 e. The molecule has 7 nitrogen and oxygen atoms in total. The molecule has 0 aromatic carbocycles. The van der Waals surface area contributed by atoms with Crippen LogP contribution in [0.1, 0.15) is 28.4 Å². The first-order chi connectivity index (χ1) is 12.5. The Kier molecular flexibility index (Phi) is 6.03. The van der Waals surface area contributed by atoms with Crippen molar-refractivity contribution in [2.75, 3.05) is 44.4 Å². The lowest BCUT2D eigenvalue weighted by molar-refractivity contribution is -0.136. The van der Waals surface area contributed by atoms with E-state index in [-0.39, 0.29) is 29.5 Å². The van der Waals surface area contributed by atoms with Crippen molar-refractivity contribution in [3.8, 4) is 0 Å². The highest BCUT2D eigenvalue weighted by Crippen LogP contribution is 2.22. The molecule has 2 amide bonds. The van der Waals surface area contributed by atoms with Gasteiger partial charge in [0.25, 0.3) is 11.5 Å². The minimum Gasteiger partial charge on any atom is -0.372 e. The van der Waals surface area contributed by atoms with Crippen LogP contribution in [0, 0.1) is 0 Å². The van der Waals surface area contributed by atoms with Crippen molar-refractivity contribution < 1.29 is 14.3 Å². The predicted octanol–water partition coefficient (Wildman–Crippen LogP) is 0.496. The Balaban J connectivity index is 1.89. The second-order valence-corrected chi connectivity index (χ2v) is 7.76. The van der Waals surface area contributed by atoms with Crippen LogP contribution in [0.25, 0.3) is 0 Å². The van der Waals surface area contributed by atoms with Crippen LogP contribution in [0.4, 0.5) is 0 Å². The summed E-state index contributed by atoms with van der Waals surface area (Å²) >= 11 is 1.82. The van der Waals surface area contributed by atoms with E-state index in [1.54, 1.807) is 23.0 Å². The van der Waals surface area contributed by atoms with Gasteiger partial charge in [-0.25, -0.2) is 0 Å². The van der Waals surface area contributed by atoms with E-state index in [1.165, 1.54) is 4.57 Å². The van der Waals surface area contributed by atoms with Crippen LogP contribution in [0.3, 0.4) is 0 Å². The molecule has 0 unspecified atom stereocenters. The highest BCUT2D eigenvalue weighted by molar-refractivity contribution is 7.99. The second-order valence-electron chi connectivity index (χ2n) is 6.53. The molecule has 0 N–H and O–H groups in total. The molecule has 0 radical (unpaired) electrons. The van der Waals surface area contributed by atoms with Gasteiger partial charge in [0, 0.05) is 57.5 Å². The summed E-state index contributed by atoms with van der Waals surface area (Å²) in [5, 5.41) is 0. The highest BCUT2D eigenvalue weighted by atomic mass is 32.2. The van der Waals surface area contributed by atoms with Crippen molar-refractivity contribution in [2.45, 2.75) is 19.9 Å². The molecule has 3 rings (SSSR count). The summed E-state index contributed by atoms with van der Waals surface area (Å²) in [7, 11) is 1.66. The molecule has 1 aromatic heterocycles. The molecule has 0 spiro atoms. The first kappa shape index (κ1) is 19.0. The number of ether oxygens (including phenoxy) is 1. The molecule has 0 bridgehead atoms. The lowest BCUT2D eigenvalue weighted by Gasteiger charge is -2.32. The number of pyridine rings is 1. The molecule has 0 saturated carbocycles. The maximum atomic E-state index is 13.0. The summed E-state index contributed by atoms with van der Waals surface area (Å²) < 4.78 is 6.67. The van der Waals surface area contributed by atoms with Gasteiger partial charge in [0.05, 0.1) is 0 Å². The summed E-state index contributed by atoms with van der Waals surface area (Å²) in [5.74, 6) is 1.57. The van der Waals surface area contributed by atoms with Gasteiger partial charge in [-0.15, -0.1) is 0 Å². The van der Waals surface area contributed by atoms with Crippen molar-refractivity contribution in [3.05, 3.63) is 33.2 Å². The standard InChI is InChI=1S/C18H25N3O4S/c1-3-25-12-15(22)21-5-4-14-13(11-21)10-19(2)17(23)16(14)18(24)20-6-8-26-9-7-20/h10H,3-9,11-12H2,1-2H3. The number of hydrogen-bond donors (Lipinski definition) is 0. The summed E-state index contributed by atoms with van der Waals surface area (Å²) in [6.45, 7) is 4.68. The van der Waals surface area contributed by atoms with Crippen LogP contribution in [-0.2, 0) is 29.5 Å². The Labute approximate surface area is 157 Å². The molecule has 1 aromatic rings. The van der Waals surface area contributed by atoms with Crippen molar-refractivity contribution >= 4 is 23.6 Å². The lowest BCUT2D eigenvalue weighted by Crippen LogP contribution is -2.44. The predicted molar refractivity (Wildman–Crippen MR) is 101 cm³/mol. The molecule has 2 aliphatic rings. The number of fused-ring (bicyclic) bond motifs is 1. The number of carbonyl (C=O) groups excluding carboxylic acids is 2. The zero-order valence-corrected chi connectivity index (χ0v) is 16.1. The molecule has 3 heterocycles. The van der Waals surface area contributed by atoms with Crippen LogP contribution in [-0.4, -0.2) is 70.5 Å². The third-order valence-electron chi connectivity index (χ3n) is 4.86. The van der Waals surface area contributed by atoms with E-state index in [9.17, 15) is 14.4 Å². The molecule has 0 aliphatic carbocycles. The normalized spacial score (nSPS) is 17.2. The third kappa shape index (κ3) is 3.81. The SMILES string of the molecule is CCOCC(=O)N1CCc2c(cn(C)c(=O)c2C(=O)N2CCSCC2)C1. The van der Waals surface area contributed by atoms with E-state index in [2.05, 4.69) is 0 Å². The van der Waals surface area contributed by atoms with Gasteiger partial charge in [-0.1, -0.05) is 0 Å². The Morgan fingerprint density at radius 3 is 2.62 bits per heavy atom. The molecular weight excluding hydrogens is 354 g/mol. The van der Waals surface area contributed by atoms with Crippen LogP contribution in [0.5, 0.6) is 0 Å². The fourth-order valence-electron chi connectivity index (χ4n) is 3.43. The fourth-order valence-corrected chi connectivity index (χ4v) is 4.33. The van der Waals surface area contributed by atoms with Crippen LogP contribution < -0.4 is 5.56 Å². The quantitative estimate of drug-likeness (QED) is 0.762. The molecule has 26 heavy (non-hydrogen) atoms. The number of hydrogen-bond acceptors (Lipinski definition) is 5. The van der Waals surface area contributed by atoms with Gasteiger partial charge in [0.2, 0.25) is 5.91 Å². The fraction of sp³-hybridized carbons (Fsp3) is 0.611. The largest absolute Gasteiger partial charge is 0.372 e. The summed E-state index contributed by atoms with van der Waals surface area (Å²) in [6.07, 6.45) is 2.27. The first-order valence-corrected chi connectivity index (χ1v) is 10.1. The molecule has 1 saturated heterocycles. The monoisotopic (exact) mass is 379 g/mol. The number of thioether (sulfide) groups is 1. The van der Waals surface area contributed by atoms with E-state index in [0.717, 1.165) is 22.6 Å². The van der Waals surface area contributed by atoms with Crippen molar-refractivity contribution in [1.29, 1.82) is 0 Å². The maximum absolute atomic E-state index is 13.0. The minimum atomic E-state index is -0.249. The molecule has 1 fully saturated rings. The number of nitrogens with zero attached hydrogens (tertiary/aromatic N) is 3. The van der Waals surface area contributed by atoms with Gasteiger partial charge in [0.1, 0.15) is 12.2 Å². The minimum absolute atomic E-state index is 0.0627. The molecule has 8 heteroatoms. The average molecular weight is 379 g/mol. The van der Waals surface area contributed by atoms with Crippen molar-refractivity contribution in [3.63, 3.8) is 0 Å². The van der Waals surface area contributed by atoms with Gasteiger partial charge in [-0.3, -0.25) is 14.4 Å². The van der Waals surface area contributed by atoms with E-state index < -0.39 is 0 Å². The number of aryl methyl sites for hydroxylation is 1. The Hall–Kier alpha value is -1.80. The van der Waals surface area contributed by atoms with Crippen LogP contribution in [0.2, 0.25) is 0 Å². The van der Waals surface area contributed by atoms with Crippen molar-refractivity contribution in [2.24, 2.45) is 7.05 Å². The smallest absolute Gasteiger partial charge is 0.263 e. The number of amides is 2.